The van der Waals surface area contributed by atoms with Gasteiger partial charge in [-0.1, -0.05) is 12.1 Å². The normalized spacial score (nSPS) is 20.4. The van der Waals surface area contributed by atoms with Crippen LogP contribution in [-0.2, 0) is 23.7 Å². The smallest absolute Gasteiger partial charge is 0.410 e. The fraction of sp³-hybridized carbons (Fsp3) is 0.582. The predicted octanol–water partition coefficient (Wildman–Crippen LogP) is 10.3. The molecule has 0 aliphatic carbocycles. The van der Waals surface area contributed by atoms with E-state index >= 15 is 0 Å². The second kappa shape index (κ2) is 26.2. The van der Waals surface area contributed by atoms with Crippen molar-refractivity contribution < 1.29 is 38.0 Å². The summed E-state index contributed by atoms with van der Waals surface area (Å²) in [7, 11) is 3.32. The molecule has 5 aromatic rings. The van der Waals surface area contributed by atoms with Gasteiger partial charge in [0.05, 0.1) is 63.1 Å². The second-order valence-electron chi connectivity index (χ2n) is 21.8. The van der Waals surface area contributed by atoms with Gasteiger partial charge in [0.2, 0.25) is 17.8 Å². The lowest BCUT2D eigenvalue weighted by Crippen LogP contribution is -2.50. The van der Waals surface area contributed by atoms with E-state index in [4.69, 9.17) is 48.4 Å². The van der Waals surface area contributed by atoms with E-state index in [1.54, 1.807) is 41.8 Å². The zero-order chi connectivity index (χ0) is 54.9. The molecule has 2 amide bonds. The third kappa shape index (κ3) is 16.0. The van der Waals surface area contributed by atoms with Crippen molar-refractivity contribution in [3.8, 4) is 16.5 Å². The van der Waals surface area contributed by atoms with Gasteiger partial charge in [0.1, 0.15) is 27.6 Å². The summed E-state index contributed by atoms with van der Waals surface area (Å²) >= 11 is 5.60. The highest BCUT2D eigenvalue weighted by Crippen LogP contribution is 2.41. The van der Waals surface area contributed by atoms with Gasteiger partial charge < -0.3 is 58.7 Å². The van der Waals surface area contributed by atoms with E-state index in [1.165, 1.54) is 10.3 Å². The van der Waals surface area contributed by atoms with Crippen LogP contribution >= 0.6 is 45.3 Å². The molecule has 4 fully saturated rings. The van der Waals surface area contributed by atoms with Gasteiger partial charge in [-0.05, 0) is 151 Å². The summed E-state index contributed by atoms with van der Waals surface area (Å²) in [5, 5.41) is 7.97. The summed E-state index contributed by atoms with van der Waals surface area (Å²) < 4.78 is 37.1. The Balaban J connectivity index is 0.000000176. The number of anilines is 2. The van der Waals surface area contributed by atoms with Crippen molar-refractivity contribution in [3.63, 3.8) is 0 Å². The molecule has 0 spiro atoms. The molecule has 3 aromatic heterocycles. The van der Waals surface area contributed by atoms with Crippen LogP contribution in [0, 0.1) is 19.8 Å². The number of aliphatic imine (C=N–C) groups is 1. The quantitative estimate of drug-likeness (QED) is 0.139. The van der Waals surface area contributed by atoms with E-state index in [1.807, 2.05) is 52.0 Å². The third-order valence-corrected chi connectivity index (χ3v) is 16.3. The highest BCUT2D eigenvalue weighted by atomic mass is 127. The lowest BCUT2D eigenvalue weighted by Gasteiger charge is -2.37. The average molecular weight is 1210 g/mol. The number of rotatable bonds is 8. The van der Waals surface area contributed by atoms with Crippen molar-refractivity contribution >= 4 is 95.6 Å². The Morgan fingerprint density at radius 1 is 0.779 bits per heavy atom. The van der Waals surface area contributed by atoms with Gasteiger partial charge in [0, 0.05) is 71.2 Å². The molecule has 22 heteroatoms. The molecule has 77 heavy (non-hydrogen) atoms. The number of morpholine rings is 2. The number of allylic oxidation sites excluding steroid dienone is 1. The number of carbonyl (C=O) groups excluding carboxylic acids is 2. The number of fused-ring (bicyclic) bond motifs is 2. The summed E-state index contributed by atoms with van der Waals surface area (Å²) in [6, 6.07) is 12.6. The molecule has 10 rings (SSSR count). The molecule has 0 radical (unpaired) electrons. The number of methoxy groups -OCH3 is 2. The van der Waals surface area contributed by atoms with Crippen molar-refractivity contribution in [3.05, 3.63) is 62.3 Å². The molecule has 5 aliphatic heterocycles. The number of aryl methyl sites for hydroxylation is 2. The maximum Gasteiger partial charge on any atom is 0.410 e. The van der Waals surface area contributed by atoms with Gasteiger partial charge in [0.25, 0.3) is 0 Å². The molecule has 2 N–H and O–H groups in total. The maximum absolute atomic E-state index is 12.8. The van der Waals surface area contributed by atoms with E-state index in [9.17, 15) is 9.59 Å². The number of amides is 2. The standard InChI is InChI=1S/C27H36N6O4S.C20H33IN4O4.C8H7NS/c1-17-8-9-20-19(15-17)29-24(38-20)21-22(30-25(31-23(21)35-5)32-11-13-36-14-12-32)28-18-7-6-10-33(16-18)26(34)37-27(2,3)4;1-20(2,3)29-19(26)25-7-5-6-14(13-25)12-15-16(21)17(27-4)23-18(22-15)24-8-10-28-11-9-24;1-6-2-3-8-7(4-6)9-5-10-8/h8-9,15,18H,6-7,10-14,16H2,1-5H3,(H,28,30,31);14,17H,5-13H2,1-4H3,(H,22,23);2-5H,1H3/t18-;14-,17?;/m10./s1. The minimum atomic E-state index is -0.539. The first-order valence-corrected chi connectivity index (χ1v) is 29.4. The molecule has 8 heterocycles. The Hall–Kier alpha value is -5.14. The van der Waals surface area contributed by atoms with Crippen LogP contribution in [0.25, 0.3) is 31.0 Å². The first-order chi connectivity index (χ1) is 36.8. The zero-order valence-corrected chi connectivity index (χ0v) is 50.1. The molecule has 4 saturated heterocycles. The number of halogens is 1. The Kier molecular flexibility index (Phi) is 19.8. The molecule has 3 atom stereocenters. The SMILES string of the molecule is COC1N=C(N2CCOCC2)NC(C[C@@H]2CCCN(C(=O)OC(C)(C)C)C2)=C1I.COc1nc(N2CCOCC2)nc(N[C@@H]2CCCN(C(=O)OC(C)(C)C)C2)c1-c1nc2cc(C)ccc2s1.Cc1ccc2scnc2c1. The Bertz CT molecular complexity index is 2870. The summed E-state index contributed by atoms with van der Waals surface area (Å²) in [6.07, 6.45) is 3.92. The van der Waals surface area contributed by atoms with Gasteiger partial charge in [-0.25, -0.2) is 24.5 Å². The van der Waals surface area contributed by atoms with Crippen LogP contribution in [0.5, 0.6) is 5.88 Å². The second-order valence-corrected chi connectivity index (χ2v) is 24.9. The van der Waals surface area contributed by atoms with E-state index in [0.717, 1.165) is 98.8 Å². The number of carbonyl (C=O) groups is 2. The number of aromatic nitrogens is 4. The molecule has 19 nitrogen and oxygen atoms in total. The number of hydrogen-bond donors (Lipinski definition) is 2. The van der Waals surface area contributed by atoms with Crippen molar-refractivity contribution in [2.24, 2.45) is 10.9 Å². The van der Waals surface area contributed by atoms with Crippen molar-refractivity contribution in [1.82, 2.24) is 40.0 Å². The lowest BCUT2D eigenvalue weighted by molar-refractivity contribution is 0.0163. The van der Waals surface area contributed by atoms with Gasteiger partial charge >= 0.3 is 12.2 Å². The molecular formula is C55H76IN11O8S2. The molecule has 5 aliphatic rings. The number of likely N-dealkylation sites (tertiary alicyclic amines) is 2. The summed E-state index contributed by atoms with van der Waals surface area (Å²) in [5.74, 6) is 2.96. The number of nitrogens with one attached hydrogen (secondary N) is 2. The largest absolute Gasteiger partial charge is 0.480 e. The number of hydrogen-bond acceptors (Lipinski definition) is 19. The molecule has 0 saturated carbocycles. The van der Waals surface area contributed by atoms with Crippen LogP contribution in [0.1, 0.15) is 84.8 Å². The van der Waals surface area contributed by atoms with Crippen LogP contribution in [0.4, 0.5) is 21.4 Å². The molecule has 418 valence electrons. The Labute approximate surface area is 474 Å². The minimum absolute atomic E-state index is 0.0104. The third-order valence-electron chi connectivity index (χ3n) is 13.2. The van der Waals surface area contributed by atoms with Gasteiger partial charge in [-0.3, -0.25) is 0 Å². The summed E-state index contributed by atoms with van der Waals surface area (Å²) in [6.45, 7) is 23.9. The Morgan fingerprint density at radius 3 is 2.03 bits per heavy atom. The van der Waals surface area contributed by atoms with Crippen molar-refractivity contribution in [2.45, 2.75) is 111 Å². The van der Waals surface area contributed by atoms with Crippen LogP contribution in [0.2, 0.25) is 0 Å². The predicted molar refractivity (Wildman–Crippen MR) is 314 cm³/mol. The molecule has 0 bridgehead atoms. The van der Waals surface area contributed by atoms with Gasteiger partial charge in [-0.15, -0.1) is 22.7 Å². The van der Waals surface area contributed by atoms with Gasteiger partial charge in [-0.2, -0.15) is 9.97 Å². The topological polar surface area (TPSA) is 190 Å². The first kappa shape index (κ1) is 58.0. The van der Waals surface area contributed by atoms with Crippen LogP contribution < -0.4 is 20.3 Å². The van der Waals surface area contributed by atoms with E-state index in [2.05, 4.69) is 98.3 Å². The summed E-state index contributed by atoms with van der Waals surface area (Å²) in [4.78, 5) is 56.9. The van der Waals surface area contributed by atoms with E-state index in [0.29, 0.717) is 82.7 Å². The lowest BCUT2D eigenvalue weighted by atomic mass is 9.93. The van der Waals surface area contributed by atoms with Crippen LogP contribution in [-0.4, -0.2) is 169 Å². The highest BCUT2D eigenvalue weighted by Gasteiger charge is 2.33. The monoisotopic (exact) mass is 1210 g/mol. The minimum Gasteiger partial charge on any atom is -0.480 e. The summed E-state index contributed by atoms with van der Waals surface area (Å²) in [5.41, 5.74) is 7.23. The van der Waals surface area contributed by atoms with E-state index < -0.39 is 11.2 Å². The number of piperidine rings is 2. The number of nitrogens with zero attached hydrogens (tertiary/aromatic N) is 9. The number of benzene rings is 2. The van der Waals surface area contributed by atoms with Crippen molar-refractivity contribution in [1.29, 1.82) is 0 Å². The van der Waals surface area contributed by atoms with Crippen LogP contribution in [0.3, 0.4) is 0 Å². The fourth-order valence-corrected chi connectivity index (χ4v) is 11.9. The fourth-order valence-electron chi connectivity index (χ4n) is 9.47. The molecule has 2 aromatic carbocycles. The highest BCUT2D eigenvalue weighted by molar-refractivity contribution is 14.1. The first-order valence-electron chi connectivity index (χ1n) is 26.6. The van der Waals surface area contributed by atoms with Gasteiger partial charge in [0.15, 0.2) is 6.23 Å². The molecular weight excluding hydrogens is 1130 g/mol. The number of thiazole rings is 2. The molecule has 1 unspecified atom stereocenters. The zero-order valence-electron chi connectivity index (χ0n) is 46.3. The van der Waals surface area contributed by atoms with Crippen LogP contribution in [0.15, 0.2) is 56.2 Å². The number of ether oxygens (including phenoxy) is 6. The Morgan fingerprint density at radius 2 is 1.39 bits per heavy atom. The van der Waals surface area contributed by atoms with Crippen molar-refractivity contribution in [2.75, 3.05) is 103 Å². The van der Waals surface area contributed by atoms with E-state index in [-0.39, 0.29) is 24.5 Å². The average Bonchev–Trinajstić information content (AvgIpc) is 4.09. The number of guanidine groups is 1. The maximum atomic E-state index is 12.8.